The van der Waals surface area contributed by atoms with Gasteiger partial charge in [0, 0.05) is 74.9 Å². The Hall–Kier alpha value is -5.31. The molecule has 0 aliphatic carbocycles. The van der Waals surface area contributed by atoms with Crippen LogP contribution in [0.25, 0.3) is 10.4 Å². The first-order valence-electron chi connectivity index (χ1n) is 17.0. The summed E-state index contributed by atoms with van der Waals surface area (Å²) in [6.45, 7) is 1.04. The van der Waals surface area contributed by atoms with Crippen LogP contribution in [0.1, 0.15) is 85.1 Å². The number of ether oxygens (including phenoxy) is 2. The van der Waals surface area contributed by atoms with E-state index in [0.29, 0.717) is 50.5 Å². The molecule has 0 radical (unpaired) electrons. The fraction of sp³-hybridized carbons (Fsp3) is 0.576. The lowest BCUT2D eigenvalue weighted by Crippen LogP contribution is -2.34. The van der Waals surface area contributed by atoms with E-state index >= 15 is 0 Å². The molecule has 1 saturated heterocycles. The van der Waals surface area contributed by atoms with E-state index < -0.39 is 5.78 Å². The SMILES string of the molecule is Cn1cc(CCCCOc2cc(C(=O)CN3C(=O)CCC3=O)cc(OCCCCc3cn(C)nn3)c2CCCNC(=O)CCCN=[N+]=[N-])nn1. The number of benzene rings is 1. The first-order chi connectivity index (χ1) is 24.2. The number of likely N-dealkylation sites (tertiary alicyclic amines) is 1. The van der Waals surface area contributed by atoms with Gasteiger partial charge in [-0.05, 0) is 75.5 Å². The van der Waals surface area contributed by atoms with Gasteiger partial charge in [-0.1, -0.05) is 15.5 Å². The molecule has 1 fully saturated rings. The van der Waals surface area contributed by atoms with Gasteiger partial charge in [0.05, 0.1) is 31.1 Å². The number of hydrogen-bond donors (Lipinski definition) is 1. The van der Waals surface area contributed by atoms with Crippen molar-refractivity contribution in [3.8, 4) is 11.5 Å². The van der Waals surface area contributed by atoms with Crippen LogP contribution >= 0.6 is 0 Å². The lowest BCUT2D eigenvalue weighted by molar-refractivity contribution is -0.137. The highest BCUT2D eigenvalue weighted by Gasteiger charge is 2.31. The molecule has 0 atom stereocenters. The monoisotopic (exact) mass is 691 g/mol. The van der Waals surface area contributed by atoms with Crippen LogP contribution in [-0.4, -0.2) is 91.2 Å². The summed E-state index contributed by atoms with van der Waals surface area (Å²) in [5.41, 5.74) is 11.2. The second kappa shape index (κ2) is 19.6. The normalized spacial score (nSPS) is 12.6. The zero-order valence-corrected chi connectivity index (χ0v) is 28.8. The molecule has 0 spiro atoms. The topological polar surface area (TPSA) is 212 Å². The standard InChI is InChI=1S/C33H45N11O6/c1-42-21-25(37-40-42)9-3-5-17-49-29-19-24(28(45)23-44-32(47)13-14-33(44)48)20-30(50-18-6-4-10-26-22-43(2)41-38-26)27(29)11-7-15-35-31(46)12-8-16-36-39-34/h19-22H,3-18,23H2,1-2H3,(H,35,46). The minimum absolute atomic E-state index is 0.0985. The zero-order valence-electron chi connectivity index (χ0n) is 28.8. The molecule has 17 heteroatoms. The third-order valence-electron chi connectivity index (χ3n) is 8.07. The van der Waals surface area contributed by atoms with E-state index in [1.165, 1.54) is 0 Å². The van der Waals surface area contributed by atoms with Crippen LogP contribution in [0.5, 0.6) is 11.5 Å². The minimum atomic E-state index is -0.395. The first kappa shape index (κ1) is 37.5. The first-order valence-corrected chi connectivity index (χ1v) is 17.0. The number of rotatable bonds is 23. The fourth-order valence-electron chi connectivity index (χ4n) is 5.46. The van der Waals surface area contributed by atoms with Crippen molar-refractivity contribution in [3.63, 3.8) is 0 Å². The molecule has 17 nitrogen and oxygen atoms in total. The van der Waals surface area contributed by atoms with Gasteiger partial charge in [-0.15, -0.1) is 10.2 Å². The van der Waals surface area contributed by atoms with Crippen molar-refractivity contribution in [1.82, 2.24) is 40.2 Å². The molecule has 3 heterocycles. The number of aryl methyl sites for hydroxylation is 4. The number of unbranched alkanes of at least 4 members (excludes halogenated alkanes) is 2. The molecular weight excluding hydrogens is 646 g/mol. The predicted octanol–water partition coefficient (Wildman–Crippen LogP) is 3.22. The molecule has 0 unspecified atom stereocenters. The van der Waals surface area contributed by atoms with Crippen molar-refractivity contribution in [2.75, 3.05) is 32.8 Å². The second-order valence-electron chi connectivity index (χ2n) is 12.1. The van der Waals surface area contributed by atoms with Gasteiger partial charge >= 0.3 is 0 Å². The van der Waals surface area contributed by atoms with Crippen molar-refractivity contribution in [3.05, 3.63) is 57.5 Å². The van der Waals surface area contributed by atoms with Gasteiger partial charge in [0.2, 0.25) is 17.7 Å². The highest BCUT2D eigenvalue weighted by molar-refractivity contribution is 6.08. The molecule has 0 saturated carbocycles. The molecule has 4 rings (SSSR count). The van der Waals surface area contributed by atoms with Gasteiger partial charge in [0.15, 0.2) is 5.78 Å². The number of carbonyl (C=O) groups is 4. The Morgan fingerprint density at radius 1 is 0.860 bits per heavy atom. The molecule has 3 amide bonds. The molecule has 50 heavy (non-hydrogen) atoms. The Labute approximate surface area is 290 Å². The lowest BCUT2D eigenvalue weighted by Gasteiger charge is -2.19. The summed E-state index contributed by atoms with van der Waals surface area (Å²) >= 11 is 0. The number of imide groups is 1. The fourth-order valence-corrected chi connectivity index (χ4v) is 5.46. The van der Waals surface area contributed by atoms with Crippen molar-refractivity contribution in [2.24, 2.45) is 19.2 Å². The average Bonchev–Trinajstić information content (AvgIpc) is 3.81. The number of carbonyl (C=O) groups excluding carboxylic acids is 4. The maximum absolute atomic E-state index is 13.5. The van der Waals surface area contributed by atoms with E-state index in [1.54, 1.807) is 21.5 Å². The molecule has 3 aromatic rings. The number of amides is 3. The predicted molar refractivity (Wildman–Crippen MR) is 180 cm³/mol. The number of azide groups is 1. The largest absolute Gasteiger partial charge is 0.493 e. The van der Waals surface area contributed by atoms with Crippen LogP contribution < -0.4 is 14.8 Å². The highest BCUT2D eigenvalue weighted by Crippen LogP contribution is 2.33. The van der Waals surface area contributed by atoms with Crippen LogP contribution in [0.2, 0.25) is 0 Å². The molecule has 2 aromatic heterocycles. The van der Waals surface area contributed by atoms with Crippen molar-refractivity contribution >= 4 is 23.5 Å². The maximum atomic E-state index is 13.5. The second-order valence-corrected chi connectivity index (χ2v) is 12.1. The number of hydrogen-bond acceptors (Lipinski definition) is 11. The van der Waals surface area contributed by atoms with Gasteiger partial charge in [-0.25, -0.2) is 0 Å². The average molecular weight is 692 g/mol. The molecule has 268 valence electrons. The van der Waals surface area contributed by atoms with E-state index in [2.05, 4.69) is 36.0 Å². The van der Waals surface area contributed by atoms with Crippen LogP contribution in [0, 0.1) is 0 Å². The third kappa shape index (κ3) is 12.0. The minimum Gasteiger partial charge on any atom is -0.493 e. The summed E-state index contributed by atoms with van der Waals surface area (Å²) in [4.78, 5) is 54.0. The number of ketones is 1. The van der Waals surface area contributed by atoms with Crippen molar-refractivity contribution in [1.29, 1.82) is 0 Å². The van der Waals surface area contributed by atoms with Gasteiger partial charge in [-0.2, -0.15) is 0 Å². The summed E-state index contributed by atoms with van der Waals surface area (Å²) < 4.78 is 15.9. The summed E-state index contributed by atoms with van der Waals surface area (Å²) in [6, 6.07) is 3.31. The number of nitrogens with one attached hydrogen (secondary N) is 1. The zero-order chi connectivity index (χ0) is 35.7. The van der Waals surface area contributed by atoms with Crippen LogP contribution in [0.3, 0.4) is 0 Å². The number of nitrogens with zero attached hydrogens (tertiary/aromatic N) is 10. The Morgan fingerprint density at radius 2 is 1.44 bits per heavy atom. The summed E-state index contributed by atoms with van der Waals surface area (Å²) in [5, 5.41) is 22.6. The number of aromatic nitrogens is 6. The van der Waals surface area contributed by atoms with E-state index in [-0.39, 0.29) is 55.6 Å². The van der Waals surface area contributed by atoms with E-state index in [0.717, 1.165) is 60.4 Å². The number of Topliss-reactive ketones (excluding diaryl/α,β-unsaturated/α-hetero) is 1. The molecular formula is C33H45N11O6. The molecule has 0 bridgehead atoms. The maximum Gasteiger partial charge on any atom is 0.230 e. The Balaban J connectivity index is 1.47. The van der Waals surface area contributed by atoms with E-state index in [9.17, 15) is 19.2 Å². The van der Waals surface area contributed by atoms with Crippen LogP contribution in [0.4, 0.5) is 0 Å². The molecule has 1 aromatic carbocycles. The van der Waals surface area contributed by atoms with Gasteiger partial charge in [0.1, 0.15) is 11.5 Å². The van der Waals surface area contributed by atoms with Crippen LogP contribution in [-0.2, 0) is 47.7 Å². The third-order valence-corrected chi connectivity index (χ3v) is 8.07. The van der Waals surface area contributed by atoms with Crippen molar-refractivity contribution in [2.45, 2.75) is 77.0 Å². The molecule has 1 N–H and O–H groups in total. The highest BCUT2D eigenvalue weighted by atomic mass is 16.5. The van der Waals surface area contributed by atoms with Crippen LogP contribution in [0.15, 0.2) is 29.6 Å². The van der Waals surface area contributed by atoms with E-state index in [1.807, 2.05) is 26.5 Å². The Morgan fingerprint density at radius 3 is 1.96 bits per heavy atom. The molecule has 1 aliphatic rings. The lowest BCUT2D eigenvalue weighted by atomic mass is 10.0. The van der Waals surface area contributed by atoms with E-state index in [4.69, 9.17) is 15.0 Å². The van der Waals surface area contributed by atoms with Crippen molar-refractivity contribution < 1.29 is 28.7 Å². The van der Waals surface area contributed by atoms with Gasteiger partial charge in [-0.3, -0.25) is 33.4 Å². The summed E-state index contributed by atoms with van der Waals surface area (Å²) in [7, 11) is 3.64. The van der Waals surface area contributed by atoms with Gasteiger partial charge in [0.25, 0.3) is 0 Å². The van der Waals surface area contributed by atoms with Gasteiger partial charge < -0.3 is 14.8 Å². The summed E-state index contributed by atoms with van der Waals surface area (Å²) in [5.74, 6) is -0.301. The smallest absolute Gasteiger partial charge is 0.230 e. The Kier molecular flexibility index (Phi) is 14.7. The molecule has 1 aliphatic heterocycles. The quantitative estimate of drug-likeness (QED) is 0.0383. The summed E-state index contributed by atoms with van der Waals surface area (Å²) in [6.07, 6.45) is 10.3. The Bertz CT molecular complexity index is 1580.